The Labute approximate surface area is 143 Å². The van der Waals surface area contributed by atoms with Crippen LogP contribution in [0.25, 0.3) is 11.3 Å². The Morgan fingerprint density at radius 3 is 2.75 bits per heavy atom. The minimum Gasteiger partial charge on any atom is -0.481 e. The Morgan fingerprint density at radius 1 is 1.21 bits per heavy atom. The fraction of sp³-hybridized carbons (Fsp3) is 0.111. The van der Waals surface area contributed by atoms with Crippen LogP contribution in [0.2, 0.25) is 5.02 Å². The number of hydrogen-bond acceptors (Lipinski definition) is 4. The monoisotopic (exact) mass is 343 g/mol. The zero-order valence-corrected chi connectivity index (χ0v) is 13.4. The molecule has 0 radical (unpaired) electrons. The molecular formula is C18H14ClNO4. The van der Waals surface area contributed by atoms with Gasteiger partial charge in [-0.3, -0.25) is 0 Å². The number of halogens is 1. The molecular weight excluding hydrogens is 330 g/mol. The normalized spacial score (nSPS) is 10.5. The van der Waals surface area contributed by atoms with Crippen LogP contribution in [0.3, 0.4) is 0 Å². The maximum atomic E-state index is 10.8. The lowest BCUT2D eigenvalue weighted by Gasteiger charge is -2.10. The van der Waals surface area contributed by atoms with Crippen molar-refractivity contribution < 1.29 is 19.1 Å². The zero-order chi connectivity index (χ0) is 16.9. The maximum Gasteiger partial charge on any atom is 0.341 e. The highest BCUT2D eigenvalue weighted by atomic mass is 35.5. The largest absolute Gasteiger partial charge is 0.481 e. The molecule has 0 atom stereocenters. The molecule has 3 aromatic rings. The van der Waals surface area contributed by atoms with Gasteiger partial charge in [0.15, 0.2) is 18.8 Å². The number of hydrogen-bond donors (Lipinski definition) is 1. The van der Waals surface area contributed by atoms with Gasteiger partial charge in [-0.2, -0.15) is 0 Å². The highest BCUT2D eigenvalue weighted by Crippen LogP contribution is 2.35. The molecule has 24 heavy (non-hydrogen) atoms. The van der Waals surface area contributed by atoms with Crippen LogP contribution >= 0.6 is 11.6 Å². The van der Waals surface area contributed by atoms with E-state index in [2.05, 4.69) is 4.98 Å². The van der Waals surface area contributed by atoms with E-state index in [1.807, 2.05) is 30.3 Å². The van der Waals surface area contributed by atoms with E-state index in [1.165, 1.54) is 6.39 Å². The first-order chi connectivity index (χ1) is 11.6. The Morgan fingerprint density at radius 2 is 2.00 bits per heavy atom. The third-order valence-electron chi connectivity index (χ3n) is 3.39. The topological polar surface area (TPSA) is 72.6 Å². The molecule has 1 N–H and O–H groups in total. The molecule has 0 saturated carbocycles. The van der Waals surface area contributed by atoms with Crippen molar-refractivity contribution in [2.45, 2.75) is 6.42 Å². The number of carboxylic acid groups (broad SMARTS) is 1. The van der Waals surface area contributed by atoms with Gasteiger partial charge in [0, 0.05) is 11.4 Å². The van der Waals surface area contributed by atoms with Gasteiger partial charge in [-0.15, -0.1) is 0 Å². The highest BCUT2D eigenvalue weighted by Gasteiger charge is 2.17. The lowest BCUT2D eigenvalue weighted by Crippen LogP contribution is -2.10. The van der Waals surface area contributed by atoms with E-state index in [9.17, 15) is 4.79 Å². The van der Waals surface area contributed by atoms with Crippen molar-refractivity contribution in [2.24, 2.45) is 0 Å². The first kappa shape index (κ1) is 16.1. The molecule has 1 heterocycles. The number of aliphatic carboxylic acids is 1. The molecule has 6 heteroatoms. The van der Waals surface area contributed by atoms with Gasteiger partial charge in [0.1, 0.15) is 5.75 Å². The molecule has 0 unspecified atom stereocenters. The molecule has 0 bridgehead atoms. The van der Waals surface area contributed by atoms with Gasteiger partial charge in [-0.1, -0.05) is 41.9 Å². The van der Waals surface area contributed by atoms with Crippen molar-refractivity contribution in [2.75, 3.05) is 6.61 Å². The molecule has 0 spiro atoms. The second kappa shape index (κ2) is 7.19. The predicted molar refractivity (Wildman–Crippen MR) is 89.3 cm³/mol. The Balaban J connectivity index is 1.96. The summed E-state index contributed by atoms with van der Waals surface area (Å²) in [4.78, 5) is 15.0. The summed E-state index contributed by atoms with van der Waals surface area (Å²) in [6, 6.07) is 14.8. The van der Waals surface area contributed by atoms with Gasteiger partial charge in [0.2, 0.25) is 0 Å². The van der Waals surface area contributed by atoms with Crippen LogP contribution in [-0.4, -0.2) is 22.7 Å². The Hall–Kier alpha value is -2.79. The molecule has 3 rings (SSSR count). The fourth-order valence-electron chi connectivity index (χ4n) is 2.35. The molecule has 0 fully saturated rings. The second-order valence-electron chi connectivity index (χ2n) is 5.11. The number of benzene rings is 2. The van der Waals surface area contributed by atoms with Gasteiger partial charge in [-0.25, -0.2) is 9.78 Å². The fourth-order valence-corrected chi connectivity index (χ4v) is 2.52. The maximum absolute atomic E-state index is 10.8. The molecule has 2 aromatic carbocycles. The molecule has 0 amide bonds. The smallest absolute Gasteiger partial charge is 0.341 e. The summed E-state index contributed by atoms with van der Waals surface area (Å²) < 4.78 is 10.9. The van der Waals surface area contributed by atoms with E-state index in [4.69, 9.17) is 25.9 Å². The number of carboxylic acids is 1. The average molecular weight is 344 g/mol. The van der Waals surface area contributed by atoms with E-state index in [1.54, 1.807) is 18.2 Å². The van der Waals surface area contributed by atoms with Gasteiger partial charge < -0.3 is 14.3 Å². The van der Waals surface area contributed by atoms with Crippen molar-refractivity contribution in [3.05, 3.63) is 71.2 Å². The van der Waals surface area contributed by atoms with Crippen LogP contribution in [0.1, 0.15) is 11.3 Å². The summed E-state index contributed by atoms with van der Waals surface area (Å²) in [6.07, 6.45) is 1.94. The molecule has 5 nitrogen and oxygen atoms in total. The first-order valence-corrected chi connectivity index (χ1v) is 7.62. The summed E-state index contributed by atoms with van der Waals surface area (Å²) in [5.41, 5.74) is 2.39. The molecule has 0 saturated heterocycles. The van der Waals surface area contributed by atoms with E-state index < -0.39 is 12.6 Å². The third-order valence-corrected chi connectivity index (χ3v) is 3.63. The predicted octanol–water partition coefficient (Wildman–Crippen LogP) is 4.05. The summed E-state index contributed by atoms with van der Waals surface area (Å²) >= 11 is 6.08. The number of ether oxygens (including phenoxy) is 1. The molecule has 122 valence electrons. The highest BCUT2D eigenvalue weighted by molar-refractivity contribution is 6.30. The summed E-state index contributed by atoms with van der Waals surface area (Å²) in [6.45, 7) is -0.448. The summed E-state index contributed by atoms with van der Waals surface area (Å²) in [5, 5.41) is 9.31. The molecule has 1 aromatic heterocycles. The van der Waals surface area contributed by atoms with Crippen LogP contribution < -0.4 is 4.74 Å². The number of rotatable bonds is 6. The second-order valence-corrected chi connectivity index (χ2v) is 5.55. The molecule has 0 aliphatic heterocycles. The van der Waals surface area contributed by atoms with Crippen molar-refractivity contribution in [3.63, 3.8) is 0 Å². The van der Waals surface area contributed by atoms with Gasteiger partial charge in [-0.05, 0) is 23.8 Å². The van der Waals surface area contributed by atoms with Crippen LogP contribution in [0, 0.1) is 0 Å². The number of nitrogens with zero attached hydrogens (tertiary/aromatic N) is 1. The SMILES string of the molecule is O=C(O)COc1ccc(Cl)cc1-c1ocnc1Cc1ccccc1. The number of oxazole rings is 1. The molecule has 0 aliphatic carbocycles. The van der Waals surface area contributed by atoms with Gasteiger partial charge in [0.25, 0.3) is 0 Å². The van der Waals surface area contributed by atoms with Gasteiger partial charge in [0.05, 0.1) is 11.3 Å². The van der Waals surface area contributed by atoms with E-state index >= 15 is 0 Å². The van der Waals surface area contributed by atoms with Crippen molar-refractivity contribution in [3.8, 4) is 17.1 Å². The van der Waals surface area contributed by atoms with Crippen LogP contribution in [0.15, 0.2) is 59.3 Å². The minimum atomic E-state index is -1.06. The van der Waals surface area contributed by atoms with Crippen LogP contribution in [0.5, 0.6) is 5.75 Å². The lowest BCUT2D eigenvalue weighted by atomic mass is 10.0. The summed E-state index contributed by atoms with van der Waals surface area (Å²) in [5.74, 6) is -0.160. The van der Waals surface area contributed by atoms with Crippen molar-refractivity contribution in [1.29, 1.82) is 0 Å². The lowest BCUT2D eigenvalue weighted by molar-refractivity contribution is -0.139. The number of aromatic nitrogens is 1. The summed E-state index contributed by atoms with van der Waals surface area (Å²) in [7, 11) is 0. The average Bonchev–Trinajstić information content (AvgIpc) is 3.02. The van der Waals surface area contributed by atoms with Crippen molar-refractivity contribution >= 4 is 17.6 Å². The Kier molecular flexibility index (Phi) is 4.82. The first-order valence-electron chi connectivity index (χ1n) is 7.24. The quantitative estimate of drug-likeness (QED) is 0.731. The zero-order valence-electron chi connectivity index (χ0n) is 12.6. The number of carbonyl (C=O) groups is 1. The Bertz CT molecular complexity index is 845. The van der Waals surface area contributed by atoms with E-state index in [0.29, 0.717) is 28.5 Å². The van der Waals surface area contributed by atoms with E-state index in [-0.39, 0.29) is 0 Å². The van der Waals surface area contributed by atoms with Crippen molar-refractivity contribution in [1.82, 2.24) is 4.98 Å². The van der Waals surface area contributed by atoms with Crippen LogP contribution in [0.4, 0.5) is 0 Å². The standard InChI is InChI=1S/C18H14ClNO4/c19-13-6-7-16(23-10-17(21)22)14(9-13)18-15(20-11-24-18)8-12-4-2-1-3-5-12/h1-7,9,11H,8,10H2,(H,21,22). The van der Waals surface area contributed by atoms with Crippen LogP contribution in [-0.2, 0) is 11.2 Å². The minimum absolute atomic E-state index is 0.382. The molecule has 0 aliphatic rings. The third kappa shape index (κ3) is 3.75. The van der Waals surface area contributed by atoms with Gasteiger partial charge >= 0.3 is 5.97 Å². The van der Waals surface area contributed by atoms with E-state index in [0.717, 1.165) is 11.3 Å².